The summed E-state index contributed by atoms with van der Waals surface area (Å²) in [6.45, 7) is 6.55. The Labute approximate surface area is 109 Å². The van der Waals surface area contributed by atoms with E-state index in [-0.39, 0.29) is 18.3 Å². The molecule has 1 aromatic rings. The van der Waals surface area contributed by atoms with E-state index >= 15 is 0 Å². The van der Waals surface area contributed by atoms with Crippen LogP contribution in [-0.2, 0) is 4.79 Å². The zero-order valence-corrected chi connectivity index (χ0v) is 11.5. The molecule has 1 rings (SSSR count). The predicted molar refractivity (Wildman–Crippen MR) is 74.7 cm³/mol. The summed E-state index contributed by atoms with van der Waals surface area (Å²) in [7, 11) is 0. The fourth-order valence-corrected chi connectivity index (χ4v) is 1.64. The molecular weight excluding hydrogens is 236 g/mol. The van der Waals surface area contributed by atoms with Gasteiger partial charge in [-0.05, 0) is 38.0 Å². The highest BCUT2D eigenvalue weighted by Gasteiger charge is 2.19. The van der Waals surface area contributed by atoms with E-state index in [0.29, 0.717) is 13.0 Å². The number of nitrogens with two attached hydrogens (primary N) is 1. The van der Waals surface area contributed by atoms with E-state index < -0.39 is 6.04 Å². The Morgan fingerprint density at radius 3 is 2.53 bits per heavy atom. The number of anilines is 1. The third-order valence-electron chi connectivity index (χ3n) is 2.65. The molecule has 0 bridgehead atoms. The molecule has 0 aliphatic carbocycles. The minimum absolute atomic E-state index is 0. The van der Waals surface area contributed by atoms with E-state index in [0.717, 1.165) is 11.3 Å². The number of halogens is 1. The summed E-state index contributed by atoms with van der Waals surface area (Å²) in [5.41, 5.74) is 7.85. The number of aryl methyl sites for hydroxylation is 1. The maximum Gasteiger partial charge on any atom is 0.243 e. The molecule has 0 radical (unpaired) electrons. The van der Waals surface area contributed by atoms with Crippen molar-refractivity contribution in [3.8, 4) is 0 Å². The van der Waals surface area contributed by atoms with Gasteiger partial charge in [-0.3, -0.25) is 4.79 Å². The second-order valence-electron chi connectivity index (χ2n) is 3.94. The second kappa shape index (κ2) is 7.30. The van der Waals surface area contributed by atoms with Crippen molar-refractivity contribution < 1.29 is 4.79 Å². The number of benzene rings is 1. The number of rotatable bonds is 4. The van der Waals surface area contributed by atoms with Crippen LogP contribution in [0.1, 0.15) is 25.8 Å². The molecule has 1 amide bonds. The molecule has 4 heteroatoms. The fourth-order valence-electron chi connectivity index (χ4n) is 1.64. The summed E-state index contributed by atoms with van der Waals surface area (Å²) in [5, 5.41) is 0. The SMILES string of the molecule is CC[C@H](N)C(=O)N(CC)c1cccc(C)c1.Cl. The maximum absolute atomic E-state index is 12.0. The number of hydrogen-bond donors (Lipinski definition) is 1. The molecule has 2 N–H and O–H groups in total. The molecule has 0 spiro atoms. The Hall–Kier alpha value is -1.06. The molecule has 0 heterocycles. The smallest absolute Gasteiger partial charge is 0.243 e. The highest BCUT2D eigenvalue weighted by atomic mass is 35.5. The van der Waals surface area contributed by atoms with Crippen LogP contribution in [0.2, 0.25) is 0 Å². The van der Waals surface area contributed by atoms with Crippen LogP contribution >= 0.6 is 12.4 Å². The van der Waals surface area contributed by atoms with Crippen molar-refractivity contribution in [3.05, 3.63) is 29.8 Å². The third-order valence-corrected chi connectivity index (χ3v) is 2.65. The average Bonchev–Trinajstić information content (AvgIpc) is 2.29. The summed E-state index contributed by atoms with van der Waals surface area (Å²) in [6.07, 6.45) is 0.668. The number of hydrogen-bond acceptors (Lipinski definition) is 2. The van der Waals surface area contributed by atoms with Crippen molar-refractivity contribution >= 4 is 24.0 Å². The van der Waals surface area contributed by atoms with E-state index in [2.05, 4.69) is 0 Å². The molecule has 0 saturated carbocycles. The molecule has 0 saturated heterocycles. The minimum Gasteiger partial charge on any atom is -0.320 e. The molecule has 0 aromatic heterocycles. The molecule has 96 valence electrons. The van der Waals surface area contributed by atoms with Crippen LogP contribution < -0.4 is 10.6 Å². The average molecular weight is 257 g/mol. The largest absolute Gasteiger partial charge is 0.320 e. The van der Waals surface area contributed by atoms with Crippen molar-refractivity contribution in [2.45, 2.75) is 33.2 Å². The van der Waals surface area contributed by atoms with Gasteiger partial charge in [0, 0.05) is 12.2 Å². The van der Waals surface area contributed by atoms with Crippen molar-refractivity contribution in [2.24, 2.45) is 5.73 Å². The van der Waals surface area contributed by atoms with Crippen LogP contribution in [0, 0.1) is 6.92 Å². The normalized spacial score (nSPS) is 11.5. The fraction of sp³-hybridized carbons (Fsp3) is 0.462. The maximum atomic E-state index is 12.0. The lowest BCUT2D eigenvalue weighted by Gasteiger charge is -2.24. The van der Waals surface area contributed by atoms with Crippen molar-refractivity contribution in [2.75, 3.05) is 11.4 Å². The third kappa shape index (κ3) is 4.02. The molecular formula is C13H21ClN2O. The van der Waals surface area contributed by atoms with Gasteiger partial charge in [-0.25, -0.2) is 0 Å². The van der Waals surface area contributed by atoms with Crippen LogP contribution in [0.4, 0.5) is 5.69 Å². The molecule has 0 aliphatic rings. The predicted octanol–water partition coefficient (Wildman–Crippen LogP) is 2.51. The molecule has 1 atom stereocenters. The van der Waals surface area contributed by atoms with Gasteiger partial charge >= 0.3 is 0 Å². The zero-order chi connectivity index (χ0) is 12.1. The van der Waals surface area contributed by atoms with E-state index in [1.807, 2.05) is 45.0 Å². The molecule has 0 unspecified atom stereocenters. The molecule has 3 nitrogen and oxygen atoms in total. The second-order valence-corrected chi connectivity index (χ2v) is 3.94. The molecule has 0 fully saturated rings. The standard InChI is InChI=1S/C13H20N2O.ClH/c1-4-12(14)13(16)15(5-2)11-8-6-7-10(3)9-11;/h6-9,12H,4-5,14H2,1-3H3;1H/t12-;/m0./s1. The van der Waals surface area contributed by atoms with Crippen LogP contribution in [0.15, 0.2) is 24.3 Å². The summed E-state index contributed by atoms with van der Waals surface area (Å²) >= 11 is 0. The summed E-state index contributed by atoms with van der Waals surface area (Å²) in [6, 6.07) is 7.51. The molecule has 1 aromatic carbocycles. The van der Waals surface area contributed by atoms with E-state index in [9.17, 15) is 4.79 Å². The van der Waals surface area contributed by atoms with Crippen molar-refractivity contribution in [1.82, 2.24) is 0 Å². The van der Waals surface area contributed by atoms with E-state index in [4.69, 9.17) is 5.73 Å². The lowest BCUT2D eigenvalue weighted by atomic mass is 10.1. The number of carbonyl (C=O) groups is 1. The minimum atomic E-state index is -0.402. The first kappa shape index (κ1) is 15.9. The lowest BCUT2D eigenvalue weighted by molar-refractivity contribution is -0.119. The van der Waals surface area contributed by atoms with Gasteiger partial charge < -0.3 is 10.6 Å². The van der Waals surface area contributed by atoms with Gasteiger partial charge in [-0.15, -0.1) is 12.4 Å². The van der Waals surface area contributed by atoms with Gasteiger partial charge in [0.1, 0.15) is 0 Å². The zero-order valence-electron chi connectivity index (χ0n) is 10.6. The Morgan fingerprint density at radius 1 is 1.41 bits per heavy atom. The summed E-state index contributed by atoms with van der Waals surface area (Å²) in [5.74, 6) is -0.00407. The number of amides is 1. The number of carbonyl (C=O) groups excluding carboxylic acids is 1. The van der Waals surface area contributed by atoms with Gasteiger partial charge in [0.05, 0.1) is 6.04 Å². The van der Waals surface area contributed by atoms with Gasteiger partial charge in [-0.2, -0.15) is 0 Å². The highest BCUT2D eigenvalue weighted by molar-refractivity contribution is 5.97. The lowest BCUT2D eigenvalue weighted by Crippen LogP contribution is -2.43. The first-order valence-corrected chi connectivity index (χ1v) is 5.73. The van der Waals surface area contributed by atoms with Crippen LogP contribution in [0.25, 0.3) is 0 Å². The van der Waals surface area contributed by atoms with Crippen LogP contribution in [0.3, 0.4) is 0 Å². The summed E-state index contributed by atoms with van der Waals surface area (Å²) < 4.78 is 0. The summed E-state index contributed by atoms with van der Waals surface area (Å²) in [4.78, 5) is 13.8. The van der Waals surface area contributed by atoms with Crippen molar-refractivity contribution in [1.29, 1.82) is 0 Å². The van der Waals surface area contributed by atoms with Gasteiger partial charge in [0.25, 0.3) is 0 Å². The Kier molecular flexibility index (Phi) is 6.85. The van der Waals surface area contributed by atoms with Gasteiger partial charge in [0.15, 0.2) is 0 Å². The topological polar surface area (TPSA) is 46.3 Å². The number of nitrogens with zero attached hydrogens (tertiary/aromatic N) is 1. The quantitative estimate of drug-likeness (QED) is 0.900. The van der Waals surface area contributed by atoms with Crippen LogP contribution in [0.5, 0.6) is 0 Å². The van der Waals surface area contributed by atoms with E-state index in [1.165, 1.54) is 0 Å². The first-order valence-electron chi connectivity index (χ1n) is 5.73. The van der Waals surface area contributed by atoms with Crippen molar-refractivity contribution in [3.63, 3.8) is 0 Å². The Bertz CT molecular complexity index is 368. The molecule has 0 aliphatic heterocycles. The highest BCUT2D eigenvalue weighted by Crippen LogP contribution is 2.16. The Morgan fingerprint density at radius 2 is 2.06 bits per heavy atom. The van der Waals surface area contributed by atoms with Crippen LogP contribution in [-0.4, -0.2) is 18.5 Å². The first-order chi connectivity index (χ1) is 7.60. The number of likely N-dealkylation sites (N-methyl/N-ethyl adjacent to an activating group) is 1. The monoisotopic (exact) mass is 256 g/mol. The Balaban J connectivity index is 0.00000256. The van der Waals surface area contributed by atoms with Gasteiger partial charge in [0.2, 0.25) is 5.91 Å². The molecule has 17 heavy (non-hydrogen) atoms. The van der Waals surface area contributed by atoms with Gasteiger partial charge in [-0.1, -0.05) is 19.1 Å². The van der Waals surface area contributed by atoms with E-state index in [1.54, 1.807) is 4.90 Å².